The molecule has 2 nitrogen and oxygen atoms in total. The highest BCUT2D eigenvalue weighted by atomic mass is 16.4. The average Bonchev–Trinajstić information content (AvgIpc) is 2.78. The number of benzene rings is 1. The number of rotatable bonds is 4. The molecule has 18 heavy (non-hydrogen) atoms. The van der Waals surface area contributed by atoms with E-state index >= 15 is 0 Å². The quantitative estimate of drug-likeness (QED) is 0.757. The Morgan fingerprint density at radius 3 is 2.72 bits per heavy atom. The van der Waals surface area contributed by atoms with Gasteiger partial charge in [0.15, 0.2) is 0 Å². The highest BCUT2D eigenvalue weighted by Crippen LogP contribution is 2.22. The molecular formula is C16H17NO. The van der Waals surface area contributed by atoms with Crippen molar-refractivity contribution < 1.29 is 4.42 Å². The van der Waals surface area contributed by atoms with Gasteiger partial charge in [0.1, 0.15) is 5.76 Å². The van der Waals surface area contributed by atoms with Gasteiger partial charge in [0.25, 0.3) is 0 Å². The van der Waals surface area contributed by atoms with Crippen LogP contribution in [0.25, 0.3) is 11.5 Å². The second-order valence-corrected chi connectivity index (χ2v) is 4.49. The van der Waals surface area contributed by atoms with Crippen molar-refractivity contribution in [2.24, 2.45) is 5.92 Å². The van der Waals surface area contributed by atoms with E-state index in [-0.39, 0.29) is 5.92 Å². The zero-order chi connectivity index (χ0) is 13.0. The number of oxazole rings is 1. The van der Waals surface area contributed by atoms with E-state index in [0.717, 1.165) is 29.9 Å². The molecule has 2 heteroatoms. The van der Waals surface area contributed by atoms with E-state index in [1.165, 1.54) is 0 Å². The van der Waals surface area contributed by atoms with Gasteiger partial charge in [0.2, 0.25) is 5.89 Å². The van der Waals surface area contributed by atoms with Crippen LogP contribution in [0.4, 0.5) is 0 Å². The molecule has 1 heterocycles. The summed E-state index contributed by atoms with van der Waals surface area (Å²) in [7, 11) is 0. The monoisotopic (exact) mass is 239 g/mol. The van der Waals surface area contributed by atoms with Crippen molar-refractivity contribution in [1.82, 2.24) is 4.98 Å². The van der Waals surface area contributed by atoms with Crippen LogP contribution in [0.15, 0.2) is 34.7 Å². The Kier molecular flexibility index (Phi) is 3.84. The van der Waals surface area contributed by atoms with Gasteiger partial charge in [0, 0.05) is 11.5 Å². The first-order valence-corrected chi connectivity index (χ1v) is 6.18. The number of terminal acetylenes is 1. The van der Waals surface area contributed by atoms with Crippen LogP contribution in [0.2, 0.25) is 0 Å². The molecule has 1 atom stereocenters. The number of aromatic nitrogens is 1. The average molecular weight is 239 g/mol. The summed E-state index contributed by atoms with van der Waals surface area (Å²) in [4.78, 5) is 4.55. The van der Waals surface area contributed by atoms with Crippen molar-refractivity contribution in [3.63, 3.8) is 0 Å². The van der Waals surface area contributed by atoms with E-state index in [4.69, 9.17) is 10.8 Å². The lowest BCUT2D eigenvalue weighted by Crippen LogP contribution is -1.95. The molecule has 0 saturated heterocycles. The molecule has 0 spiro atoms. The first-order valence-electron chi connectivity index (χ1n) is 6.18. The molecule has 0 N–H and O–H groups in total. The van der Waals surface area contributed by atoms with Crippen molar-refractivity contribution in [2.75, 3.05) is 0 Å². The SMILES string of the molecule is C#CC(C)CCc1nc(-c2ccccc2)oc1C. The van der Waals surface area contributed by atoms with E-state index in [2.05, 4.69) is 10.9 Å². The minimum Gasteiger partial charge on any atom is -0.441 e. The second kappa shape index (κ2) is 5.55. The summed E-state index contributed by atoms with van der Waals surface area (Å²) >= 11 is 0. The van der Waals surface area contributed by atoms with E-state index in [1.807, 2.05) is 44.2 Å². The van der Waals surface area contributed by atoms with E-state index in [0.29, 0.717) is 5.89 Å². The van der Waals surface area contributed by atoms with Crippen LogP contribution in [-0.2, 0) is 6.42 Å². The summed E-state index contributed by atoms with van der Waals surface area (Å²) in [6.07, 6.45) is 7.19. The maximum atomic E-state index is 5.70. The molecule has 0 aliphatic carbocycles. The maximum absolute atomic E-state index is 5.70. The molecule has 0 bridgehead atoms. The Bertz CT molecular complexity index is 548. The van der Waals surface area contributed by atoms with Gasteiger partial charge in [0.05, 0.1) is 5.69 Å². The number of nitrogens with zero attached hydrogens (tertiary/aromatic N) is 1. The van der Waals surface area contributed by atoms with Gasteiger partial charge in [-0.2, -0.15) is 0 Å². The van der Waals surface area contributed by atoms with Gasteiger partial charge < -0.3 is 4.42 Å². The van der Waals surface area contributed by atoms with Crippen LogP contribution in [0.1, 0.15) is 24.8 Å². The Hall–Kier alpha value is -2.01. The van der Waals surface area contributed by atoms with E-state index in [9.17, 15) is 0 Å². The summed E-state index contributed by atoms with van der Waals surface area (Å²) in [5.41, 5.74) is 2.02. The summed E-state index contributed by atoms with van der Waals surface area (Å²) in [5, 5.41) is 0. The highest BCUT2D eigenvalue weighted by Gasteiger charge is 2.11. The molecule has 92 valence electrons. The molecule has 2 aromatic rings. The number of aryl methyl sites for hydroxylation is 2. The second-order valence-electron chi connectivity index (χ2n) is 4.49. The van der Waals surface area contributed by atoms with Crippen molar-refractivity contribution >= 4 is 0 Å². The van der Waals surface area contributed by atoms with Crippen LogP contribution in [0, 0.1) is 25.2 Å². The minimum atomic E-state index is 0.279. The van der Waals surface area contributed by atoms with Crippen LogP contribution in [0.5, 0.6) is 0 Å². The normalized spacial score (nSPS) is 12.1. The zero-order valence-corrected chi connectivity index (χ0v) is 10.8. The molecule has 0 radical (unpaired) electrons. The fourth-order valence-corrected chi connectivity index (χ4v) is 1.80. The molecule has 0 amide bonds. The van der Waals surface area contributed by atoms with Gasteiger partial charge in [-0.3, -0.25) is 0 Å². The van der Waals surface area contributed by atoms with Crippen molar-refractivity contribution in [2.45, 2.75) is 26.7 Å². The minimum absolute atomic E-state index is 0.279. The predicted octanol–water partition coefficient (Wildman–Crippen LogP) is 3.85. The van der Waals surface area contributed by atoms with Crippen molar-refractivity contribution in [3.05, 3.63) is 41.8 Å². The Morgan fingerprint density at radius 1 is 1.33 bits per heavy atom. The summed E-state index contributed by atoms with van der Waals surface area (Å²) in [6, 6.07) is 9.94. The van der Waals surface area contributed by atoms with Crippen LogP contribution in [0.3, 0.4) is 0 Å². The topological polar surface area (TPSA) is 26.0 Å². The van der Waals surface area contributed by atoms with E-state index in [1.54, 1.807) is 0 Å². The van der Waals surface area contributed by atoms with E-state index < -0.39 is 0 Å². The third kappa shape index (κ3) is 2.81. The third-order valence-electron chi connectivity index (χ3n) is 3.01. The van der Waals surface area contributed by atoms with Gasteiger partial charge in [-0.25, -0.2) is 4.98 Å². The molecule has 0 saturated carbocycles. The molecule has 0 aliphatic heterocycles. The smallest absolute Gasteiger partial charge is 0.226 e. The number of hydrogen-bond donors (Lipinski definition) is 0. The Balaban J connectivity index is 2.15. The van der Waals surface area contributed by atoms with Gasteiger partial charge >= 0.3 is 0 Å². The first kappa shape index (κ1) is 12.4. The largest absolute Gasteiger partial charge is 0.441 e. The standard InChI is InChI=1S/C16H17NO/c1-4-12(2)10-11-15-13(3)18-16(17-15)14-8-6-5-7-9-14/h1,5-9,12H,10-11H2,2-3H3. The predicted molar refractivity (Wildman–Crippen MR) is 73.0 cm³/mol. The van der Waals surface area contributed by atoms with Crippen LogP contribution in [-0.4, -0.2) is 4.98 Å². The Labute approximate surface area is 108 Å². The molecule has 1 aromatic carbocycles. The van der Waals surface area contributed by atoms with Gasteiger partial charge in [-0.05, 0) is 31.9 Å². The Morgan fingerprint density at radius 2 is 2.06 bits per heavy atom. The molecule has 0 aliphatic rings. The van der Waals surface area contributed by atoms with Gasteiger partial charge in [-0.15, -0.1) is 12.3 Å². The van der Waals surface area contributed by atoms with Crippen LogP contribution >= 0.6 is 0 Å². The summed E-state index contributed by atoms with van der Waals surface area (Å²) < 4.78 is 5.70. The first-order chi connectivity index (χ1) is 8.70. The summed E-state index contributed by atoms with van der Waals surface area (Å²) in [5.74, 6) is 4.59. The molecule has 2 rings (SSSR count). The summed E-state index contributed by atoms with van der Waals surface area (Å²) in [6.45, 7) is 4.00. The van der Waals surface area contributed by atoms with Crippen molar-refractivity contribution in [1.29, 1.82) is 0 Å². The molecular weight excluding hydrogens is 222 g/mol. The third-order valence-corrected chi connectivity index (χ3v) is 3.01. The number of hydrogen-bond acceptors (Lipinski definition) is 2. The lowest BCUT2D eigenvalue weighted by atomic mass is 10.0. The molecule has 1 unspecified atom stereocenters. The highest BCUT2D eigenvalue weighted by molar-refractivity contribution is 5.53. The maximum Gasteiger partial charge on any atom is 0.226 e. The lowest BCUT2D eigenvalue weighted by Gasteiger charge is -2.00. The fraction of sp³-hybridized carbons (Fsp3) is 0.312. The van der Waals surface area contributed by atoms with Crippen molar-refractivity contribution in [3.8, 4) is 23.8 Å². The molecule has 0 fully saturated rings. The fourth-order valence-electron chi connectivity index (χ4n) is 1.80. The zero-order valence-electron chi connectivity index (χ0n) is 10.8. The lowest BCUT2D eigenvalue weighted by molar-refractivity contribution is 0.537. The molecule has 1 aromatic heterocycles. The van der Waals surface area contributed by atoms with Crippen LogP contribution < -0.4 is 0 Å². The van der Waals surface area contributed by atoms with Gasteiger partial charge in [-0.1, -0.05) is 25.1 Å².